The summed E-state index contributed by atoms with van der Waals surface area (Å²) in [5.74, 6) is 0.165. The lowest BCUT2D eigenvalue weighted by Crippen LogP contribution is -2.39. The molecule has 4 rings (SSSR count). The first-order valence-corrected chi connectivity index (χ1v) is 10.9. The molecule has 0 bridgehead atoms. The Bertz CT molecular complexity index is 1190. The molecule has 0 saturated carbocycles. The molecular formula is C23H26ClFN6O2. The van der Waals surface area contributed by atoms with Crippen LogP contribution in [0.25, 0.3) is 10.9 Å². The number of likely N-dealkylation sites (tertiary alicyclic amines) is 1. The average Bonchev–Trinajstić information content (AvgIpc) is 3.21. The first kappa shape index (κ1) is 23.2. The van der Waals surface area contributed by atoms with Crippen LogP contribution in [0.2, 0.25) is 5.02 Å². The molecule has 3 N–H and O–H groups in total. The number of halogens is 2. The topological polar surface area (TPSA) is 96.6 Å². The van der Waals surface area contributed by atoms with Crippen molar-refractivity contribution in [3.63, 3.8) is 0 Å². The lowest BCUT2D eigenvalue weighted by molar-refractivity contribution is -0.122. The summed E-state index contributed by atoms with van der Waals surface area (Å²) in [6, 6.07) is 8.29. The first-order valence-electron chi connectivity index (χ1n) is 10.5. The number of fused-ring (bicyclic) bond motifs is 1. The molecule has 2 aromatic carbocycles. The number of benzene rings is 2. The number of aromatic nitrogens is 2. The number of nitrogens with one attached hydrogen (secondary N) is 1. The Morgan fingerprint density at radius 3 is 2.85 bits per heavy atom. The van der Waals surface area contributed by atoms with Crippen LogP contribution >= 0.6 is 11.6 Å². The SMILES string of the molecule is COc1cc2ncnc(Nc3cccc(Cl)c3F)c2cc1CN1C[C@@H](N(C)C)C[C@H]1C(N)=O. The van der Waals surface area contributed by atoms with E-state index in [1.165, 1.54) is 12.4 Å². The van der Waals surface area contributed by atoms with E-state index in [0.717, 1.165) is 5.56 Å². The summed E-state index contributed by atoms with van der Waals surface area (Å²) in [4.78, 5) is 24.9. The van der Waals surface area contributed by atoms with Gasteiger partial charge in [0.2, 0.25) is 5.91 Å². The molecule has 1 saturated heterocycles. The highest BCUT2D eigenvalue weighted by Gasteiger charge is 2.36. The Morgan fingerprint density at radius 1 is 1.36 bits per heavy atom. The van der Waals surface area contributed by atoms with Gasteiger partial charge in [0.1, 0.15) is 17.9 Å². The number of ether oxygens (including phenoxy) is 1. The Kier molecular flexibility index (Phi) is 6.64. The molecule has 0 spiro atoms. The van der Waals surface area contributed by atoms with Gasteiger partial charge in [0.05, 0.1) is 29.4 Å². The molecule has 1 aliphatic rings. The number of carbonyl (C=O) groups excluding carboxylic acids is 1. The number of nitrogens with two attached hydrogens (primary N) is 1. The van der Waals surface area contributed by atoms with Crippen molar-refractivity contribution in [3.8, 4) is 5.75 Å². The van der Waals surface area contributed by atoms with Crippen LogP contribution in [0.4, 0.5) is 15.9 Å². The number of nitrogens with zero attached hydrogens (tertiary/aromatic N) is 4. The highest BCUT2D eigenvalue weighted by molar-refractivity contribution is 6.31. The van der Waals surface area contributed by atoms with E-state index in [1.807, 2.05) is 26.2 Å². The Balaban J connectivity index is 1.72. The molecule has 0 aliphatic carbocycles. The molecule has 10 heteroatoms. The Labute approximate surface area is 196 Å². The minimum atomic E-state index is -0.559. The summed E-state index contributed by atoms with van der Waals surface area (Å²) < 4.78 is 20.1. The van der Waals surface area contributed by atoms with Crippen LogP contribution in [-0.2, 0) is 11.3 Å². The zero-order chi connectivity index (χ0) is 23.7. The van der Waals surface area contributed by atoms with E-state index in [9.17, 15) is 9.18 Å². The summed E-state index contributed by atoms with van der Waals surface area (Å²) in [5, 5.41) is 3.72. The van der Waals surface area contributed by atoms with E-state index in [1.54, 1.807) is 19.2 Å². The van der Waals surface area contributed by atoms with Gasteiger partial charge in [-0.2, -0.15) is 0 Å². The zero-order valence-corrected chi connectivity index (χ0v) is 19.4. The third-order valence-corrected chi connectivity index (χ3v) is 6.35. The van der Waals surface area contributed by atoms with Gasteiger partial charge >= 0.3 is 0 Å². The highest BCUT2D eigenvalue weighted by Crippen LogP contribution is 2.33. The molecule has 1 amide bonds. The second-order valence-corrected chi connectivity index (χ2v) is 8.74. The van der Waals surface area contributed by atoms with Gasteiger partial charge in [-0.1, -0.05) is 17.7 Å². The van der Waals surface area contributed by atoms with Crippen molar-refractivity contribution in [3.05, 3.63) is 53.1 Å². The van der Waals surface area contributed by atoms with Crippen molar-refractivity contribution < 1.29 is 13.9 Å². The Morgan fingerprint density at radius 2 is 2.15 bits per heavy atom. The van der Waals surface area contributed by atoms with Gasteiger partial charge in [0.25, 0.3) is 0 Å². The van der Waals surface area contributed by atoms with Crippen LogP contribution in [-0.4, -0.2) is 65.5 Å². The maximum Gasteiger partial charge on any atom is 0.234 e. The summed E-state index contributed by atoms with van der Waals surface area (Å²) in [6.45, 7) is 1.16. The molecule has 0 radical (unpaired) electrons. The van der Waals surface area contributed by atoms with Crippen molar-refractivity contribution in [1.29, 1.82) is 0 Å². The van der Waals surface area contributed by atoms with E-state index < -0.39 is 5.82 Å². The fourth-order valence-corrected chi connectivity index (χ4v) is 4.39. The van der Waals surface area contributed by atoms with E-state index in [4.69, 9.17) is 22.1 Å². The third kappa shape index (κ3) is 4.71. The minimum absolute atomic E-state index is 0.0164. The minimum Gasteiger partial charge on any atom is -0.496 e. The molecule has 0 unspecified atom stereocenters. The van der Waals surface area contributed by atoms with Crippen LogP contribution in [0.1, 0.15) is 12.0 Å². The maximum absolute atomic E-state index is 14.5. The Hall–Kier alpha value is -3.01. The van der Waals surface area contributed by atoms with Crippen LogP contribution in [0, 0.1) is 5.82 Å². The van der Waals surface area contributed by atoms with Gasteiger partial charge < -0.3 is 20.7 Å². The molecule has 1 aromatic heterocycles. The summed E-state index contributed by atoms with van der Waals surface area (Å²) in [7, 11) is 5.57. The molecule has 3 aromatic rings. The number of amides is 1. The molecule has 8 nitrogen and oxygen atoms in total. The summed E-state index contributed by atoms with van der Waals surface area (Å²) in [5.41, 5.74) is 7.39. The monoisotopic (exact) mass is 472 g/mol. The van der Waals surface area contributed by atoms with Gasteiger partial charge in [0, 0.05) is 36.1 Å². The number of rotatable bonds is 7. The summed E-state index contributed by atoms with van der Waals surface area (Å²) >= 11 is 5.92. The van der Waals surface area contributed by atoms with Gasteiger partial charge in [-0.05, 0) is 38.7 Å². The van der Waals surface area contributed by atoms with Gasteiger partial charge in [-0.15, -0.1) is 0 Å². The number of likely N-dealkylation sites (N-methyl/N-ethyl adjacent to an activating group) is 1. The number of primary amides is 1. The van der Waals surface area contributed by atoms with Crippen LogP contribution < -0.4 is 15.8 Å². The number of methoxy groups -OCH3 is 1. The van der Waals surface area contributed by atoms with Crippen molar-refractivity contribution in [1.82, 2.24) is 19.8 Å². The summed E-state index contributed by atoms with van der Waals surface area (Å²) in [6.07, 6.45) is 2.07. The lowest BCUT2D eigenvalue weighted by atomic mass is 10.1. The molecule has 174 valence electrons. The lowest BCUT2D eigenvalue weighted by Gasteiger charge is -2.24. The van der Waals surface area contributed by atoms with Gasteiger partial charge in [0.15, 0.2) is 5.82 Å². The zero-order valence-electron chi connectivity index (χ0n) is 18.7. The number of carbonyl (C=O) groups is 1. The molecule has 2 heterocycles. The van der Waals surface area contributed by atoms with Gasteiger partial charge in [-0.25, -0.2) is 14.4 Å². The quantitative estimate of drug-likeness (QED) is 0.545. The number of hydrogen-bond donors (Lipinski definition) is 2. The van der Waals surface area contributed by atoms with Gasteiger partial charge in [-0.3, -0.25) is 9.69 Å². The van der Waals surface area contributed by atoms with Crippen LogP contribution in [0.3, 0.4) is 0 Å². The fraction of sp³-hybridized carbons (Fsp3) is 0.348. The normalized spacial score (nSPS) is 18.7. The molecule has 1 aliphatic heterocycles. The highest BCUT2D eigenvalue weighted by atomic mass is 35.5. The predicted molar refractivity (Wildman–Crippen MR) is 126 cm³/mol. The smallest absolute Gasteiger partial charge is 0.234 e. The number of hydrogen-bond acceptors (Lipinski definition) is 7. The van der Waals surface area contributed by atoms with Crippen LogP contribution in [0.5, 0.6) is 5.75 Å². The maximum atomic E-state index is 14.5. The average molecular weight is 473 g/mol. The molecule has 2 atom stereocenters. The van der Waals surface area contributed by atoms with Crippen LogP contribution in [0.15, 0.2) is 36.7 Å². The van der Waals surface area contributed by atoms with Crippen molar-refractivity contribution in [2.45, 2.75) is 25.0 Å². The molecule has 1 fully saturated rings. The van der Waals surface area contributed by atoms with Crippen molar-refractivity contribution in [2.24, 2.45) is 5.73 Å². The van der Waals surface area contributed by atoms with Crippen molar-refractivity contribution >= 4 is 39.9 Å². The fourth-order valence-electron chi connectivity index (χ4n) is 4.21. The largest absolute Gasteiger partial charge is 0.496 e. The second kappa shape index (κ2) is 9.46. The second-order valence-electron chi connectivity index (χ2n) is 8.33. The standard InChI is InChI=1S/C23H26ClFN6O2/c1-30(2)14-8-19(22(26)32)31(11-14)10-13-7-15-18(9-20(13)33-3)27-12-28-23(15)29-17-6-4-5-16(24)21(17)25/h4-7,9,12,14,19H,8,10-11H2,1-3H3,(H2,26,32)(H,27,28,29)/t14-,19-/m0/s1. The number of anilines is 2. The van der Waals surface area contributed by atoms with E-state index >= 15 is 0 Å². The predicted octanol–water partition coefficient (Wildman–Crippen LogP) is 3.16. The first-order chi connectivity index (χ1) is 15.8. The van der Waals surface area contributed by atoms with E-state index in [2.05, 4.69) is 25.1 Å². The van der Waals surface area contributed by atoms with Crippen molar-refractivity contribution in [2.75, 3.05) is 33.1 Å². The molecular weight excluding hydrogens is 447 g/mol. The molecule has 33 heavy (non-hydrogen) atoms. The van der Waals surface area contributed by atoms with E-state index in [0.29, 0.717) is 42.0 Å². The third-order valence-electron chi connectivity index (χ3n) is 6.06. The van der Waals surface area contributed by atoms with E-state index in [-0.39, 0.29) is 28.7 Å².